The molecule has 0 amide bonds. The number of nitrogens with zero attached hydrogens (tertiary/aromatic N) is 2. The maximum atomic E-state index is 13.0. The van der Waals surface area contributed by atoms with Crippen LogP contribution in [0.1, 0.15) is 0 Å². The Balaban J connectivity index is 6.77. The molecule has 0 N–H and O–H groups in total. The summed E-state index contributed by atoms with van der Waals surface area (Å²) in [6.07, 6.45) is -7.92. The van der Waals surface area contributed by atoms with Gasteiger partial charge < -0.3 is 0 Å². The second-order valence-corrected chi connectivity index (χ2v) is 4.96. The lowest BCUT2D eigenvalue weighted by molar-refractivity contribution is -0.517. The molecule has 0 radical (unpaired) electrons. The third kappa shape index (κ3) is 3.38. The molecular formula is C8F20N2. The van der Waals surface area contributed by atoms with Gasteiger partial charge in [0.15, 0.2) is 0 Å². The van der Waals surface area contributed by atoms with E-state index in [1.807, 2.05) is 0 Å². The Hall–Kier alpha value is -1.48. The zero-order valence-electron chi connectivity index (χ0n) is 12.5. The molecule has 182 valence electrons. The Morgan fingerprint density at radius 1 is 0.333 bits per heavy atom. The van der Waals surface area contributed by atoms with Crippen LogP contribution < -0.4 is 0 Å². The van der Waals surface area contributed by atoms with Crippen LogP contribution in [0.4, 0.5) is 88.1 Å². The van der Waals surface area contributed by atoms with Crippen LogP contribution in [0.3, 0.4) is 0 Å². The van der Waals surface area contributed by atoms with Crippen LogP contribution >= 0.6 is 0 Å². The molecule has 0 heterocycles. The van der Waals surface area contributed by atoms with Crippen LogP contribution in [0.15, 0.2) is 0 Å². The van der Waals surface area contributed by atoms with Crippen molar-refractivity contribution in [1.29, 1.82) is 0 Å². The van der Waals surface area contributed by atoms with E-state index in [0.717, 1.165) is 0 Å². The third-order valence-electron chi connectivity index (χ3n) is 3.07. The quantitative estimate of drug-likeness (QED) is 0.170. The van der Waals surface area contributed by atoms with Gasteiger partial charge in [-0.15, -0.1) is 4.48 Å². The van der Waals surface area contributed by atoms with Crippen LogP contribution in [-0.4, -0.2) is 58.4 Å². The number of alkyl halides is 17. The van der Waals surface area contributed by atoms with E-state index in [1.165, 1.54) is 0 Å². The molecule has 30 heavy (non-hydrogen) atoms. The van der Waals surface area contributed by atoms with Crippen molar-refractivity contribution in [1.82, 2.24) is 10.7 Å². The Kier molecular flexibility index (Phi) is 6.67. The lowest BCUT2D eigenvalue weighted by atomic mass is 9.90. The predicted molar refractivity (Wildman–Crippen MR) is 47.7 cm³/mol. The fourth-order valence-electron chi connectivity index (χ4n) is 1.37. The summed E-state index contributed by atoms with van der Waals surface area (Å²) in [7, 11) is 0. The van der Waals surface area contributed by atoms with Gasteiger partial charge in [0.05, 0.1) is 5.23 Å². The van der Waals surface area contributed by atoms with Crippen molar-refractivity contribution >= 4 is 0 Å². The number of halogens is 20. The highest BCUT2D eigenvalue weighted by Crippen LogP contribution is 2.64. The molecule has 0 saturated carbocycles. The van der Waals surface area contributed by atoms with E-state index < -0.39 is 58.4 Å². The molecule has 0 aromatic carbocycles. The van der Waals surface area contributed by atoms with Gasteiger partial charge in [-0.3, -0.25) is 0 Å². The van der Waals surface area contributed by atoms with Crippen LogP contribution in [0.25, 0.3) is 0 Å². The largest absolute Gasteiger partial charge is 0.460 e. The molecule has 0 unspecified atom stereocenters. The topological polar surface area (TPSA) is 6.48 Å². The summed E-state index contributed by atoms with van der Waals surface area (Å²) in [5.74, 6) is -52.4. The Labute approximate surface area is 148 Å². The number of hydrogen-bond acceptors (Lipinski definition) is 2. The highest BCUT2D eigenvalue weighted by atomic mass is 19.4. The minimum absolute atomic E-state index is 3.85. The molecule has 0 fully saturated rings. The van der Waals surface area contributed by atoms with Gasteiger partial charge in [-0.2, -0.15) is 74.6 Å². The highest BCUT2D eigenvalue weighted by Gasteiger charge is 2.96. The first-order valence-corrected chi connectivity index (χ1v) is 5.89. The molecule has 0 saturated heterocycles. The van der Waals surface area contributed by atoms with Gasteiger partial charge >= 0.3 is 47.8 Å². The number of hydrogen-bond donors (Lipinski definition) is 0. The Morgan fingerprint density at radius 3 is 0.800 bits per heavy atom. The minimum Gasteiger partial charge on any atom is -0.192 e. The first kappa shape index (κ1) is 28.5. The molecule has 22 heteroatoms. The first-order chi connectivity index (χ1) is 12.6. The first-order valence-electron chi connectivity index (χ1n) is 5.89. The Bertz CT molecular complexity index is 617. The van der Waals surface area contributed by atoms with E-state index in [1.54, 1.807) is 0 Å². The van der Waals surface area contributed by atoms with E-state index in [2.05, 4.69) is 0 Å². The van der Waals surface area contributed by atoms with Crippen LogP contribution in [0.2, 0.25) is 0 Å². The lowest BCUT2D eigenvalue weighted by Crippen LogP contribution is -2.75. The van der Waals surface area contributed by atoms with E-state index in [9.17, 15) is 88.1 Å². The van der Waals surface area contributed by atoms with Crippen molar-refractivity contribution in [2.45, 2.75) is 47.8 Å². The van der Waals surface area contributed by atoms with Gasteiger partial charge in [-0.1, -0.05) is 8.96 Å². The lowest BCUT2D eigenvalue weighted by Gasteiger charge is -2.42. The summed E-state index contributed by atoms with van der Waals surface area (Å²) >= 11 is 0. The van der Waals surface area contributed by atoms with Crippen molar-refractivity contribution in [2.75, 3.05) is 0 Å². The molecule has 0 bridgehead atoms. The Morgan fingerprint density at radius 2 is 0.567 bits per heavy atom. The molecule has 0 aromatic rings. The van der Waals surface area contributed by atoms with Crippen molar-refractivity contribution in [3.63, 3.8) is 0 Å². The maximum Gasteiger partial charge on any atom is 0.460 e. The second-order valence-electron chi connectivity index (χ2n) is 4.96. The molecule has 0 aliphatic heterocycles. The molecule has 2 nitrogen and oxygen atoms in total. The van der Waals surface area contributed by atoms with Gasteiger partial charge in [0.25, 0.3) is 0 Å². The van der Waals surface area contributed by atoms with Crippen molar-refractivity contribution in [3.8, 4) is 0 Å². The summed E-state index contributed by atoms with van der Waals surface area (Å²) < 4.78 is 250. The maximum absolute atomic E-state index is 13.0. The average Bonchev–Trinajstić information content (AvgIpc) is 2.51. The summed E-state index contributed by atoms with van der Waals surface area (Å²) in [5.41, 5.74) is -3.85. The van der Waals surface area contributed by atoms with E-state index in [-0.39, 0.29) is 0 Å². The monoisotopic (exact) mass is 504 g/mol. The summed E-state index contributed by atoms with van der Waals surface area (Å²) in [6.45, 7) is 0. The van der Waals surface area contributed by atoms with Crippen LogP contribution in [0.5, 0.6) is 0 Å². The van der Waals surface area contributed by atoms with Gasteiger partial charge in [-0.05, 0) is 0 Å². The molecule has 0 rings (SSSR count). The summed E-state index contributed by atoms with van der Waals surface area (Å²) in [5, 5.41) is -4.09. The molecule has 0 aliphatic carbocycles. The smallest absolute Gasteiger partial charge is 0.192 e. The normalized spacial score (nSPS) is 16.6. The number of hydrazine groups is 1. The number of rotatable bonds is 8. The van der Waals surface area contributed by atoms with Crippen molar-refractivity contribution in [3.05, 3.63) is 0 Å². The molecule has 0 aromatic heterocycles. The second kappa shape index (κ2) is 7.02. The van der Waals surface area contributed by atoms with Crippen LogP contribution in [0, 0.1) is 0 Å². The van der Waals surface area contributed by atoms with Crippen LogP contribution in [-0.2, 0) is 0 Å². The zero-order valence-corrected chi connectivity index (χ0v) is 12.5. The molecule has 0 spiro atoms. The fourth-order valence-corrected chi connectivity index (χ4v) is 1.37. The zero-order chi connectivity index (χ0) is 25.2. The van der Waals surface area contributed by atoms with E-state index in [4.69, 9.17) is 0 Å². The predicted octanol–water partition coefficient (Wildman–Crippen LogP) is 6.13. The van der Waals surface area contributed by atoms with Crippen molar-refractivity contribution < 1.29 is 88.1 Å². The third-order valence-corrected chi connectivity index (χ3v) is 3.07. The van der Waals surface area contributed by atoms with Crippen molar-refractivity contribution in [2.24, 2.45) is 0 Å². The van der Waals surface area contributed by atoms with Gasteiger partial charge in [0, 0.05) is 0 Å². The van der Waals surface area contributed by atoms with Gasteiger partial charge in [-0.25, -0.2) is 0 Å². The SMILES string of the molecule is FN(F)N(F)C(F)(F)C(F)(F)C(F)(F)C(F)(F)C(F)(F)C(F)(F)C(F)(F)C(F)(F)F. The van der Waals surface area contributed by atoms with Gasteiger partial charge in [0.1, 0.15) is 5.45 Å². The molecule has 0 atom stereocenters. The summed E-state index contributed by atoms with van der Waals surface area (Å²) in [6, 6.07) is -7.98. The van der Waals surface area contributed by atoms with E-state index >= 15 is 0 Å². The van der Waals surface area contributed by atoms with E-state index in [0.29, 0.717) is 0 Å². The molecule has 0 aliphatic rings. The van der Waals surface area contributed by atoms with Gasteiger partial charge in [0.2, 0.25) is 0 Å². The molecular weight excluding hydrogens is 504 g/mol. The average molecular weight is 504 g/mol. The minimum atomic E-state index is -8.97. The summed E-state index contributed by atoms with van der Waals surface area (Å²) in [4.78, 5) is 0. The standard InChI is InChI=1S/C8F20N2/c9-1(10,3(13,14)5(17,18)7(21,22)23)2(11,12)4(15,16)6(19,20)8(24,25)29(26)30(27)28. The highest BCUT2D eigenvalue weighted by molar-refractivity contribution is 5.14. The fraction of sp³-hybridized carbons (Fsp3) is 1.00.